The van der Waals surface area contributed by atoms with Gasteiger partial charge in [-0.15, -0.1) is 11.3 Å². The fourth-order valence-corrected chi connectivity index (χ4v) is 2.52. The molecule has 0 aliphatic carbocycles. The zero-order valence-electron chi connectivity index (χ0n) is 11.4. The molecule has 3 rings (SSSR count). The number of anilines is 1. The van der Waals surface area contributed by atoms with Gasteiger partial charge in [-0.05, 0) is 19.1 Å². The molecule has 21 heavy (non-hydrogen) atoms. The van der Waals surface area contributed by atoms with E-state index in [1.807, 2.05) is 37.3 Å². The van der Waals surface area contributed by atoms with Gasteiger partial charge in [0.15, 0.2) is 5.13 Å². The Morgan fingerprint density at radius 1 is 1.33 bits per heavy atom. The second-order valence-corrected chi connectivity index (χ2v) is 5.75. The highest BCUT2D eigenvalue weighted by Gasteiger charge is 2.11. The minimum Gasteiger partial charge on any atom is -0.444 e. The molecule has 0 radical (unpaired) electrons. The molecule has 106 valence electrons. The van der Waals surface area contributed by atoms with Crippen molar-refractivity contribution in [1.29, 1.82) is 0 Å². The SMILES string of the molecule is Cc1cnc(NC(=O)Cc2coc(-c3ccccc3)n2)s1. The van der Waals surface area contributed by atoms with E-state index in [4.69, 9.17) is 4.42 Å². The number of aromatic nitrogens is 2. The smallest absolute Gasteiger partial charge is 0.232 e. The molecule has 0 fully saturated rings. The summed E-state index contributed by atoms with van der Waals surface area (Å²) >= 11 is 1.44. The summed E-state index contributed by atoms with van der Waals surface area (Å²) in [6, 6.07) is 9.58. The van der Waals surface area contributed by atoms with Crippen LogP contribution in [0.3, 0.4) is 0 Å². The number of amides is 1. The molecule has 0 bridgehead atoms. The van der Waals surface area contributed by atoms with E-state index < -0.39 is 0 Å². The molecule has 0 unspecified atom stereocenters. The predicted molar refractivity (Wildman–Crippen MR) is 81.1 cm³/mol. The molecule has 0 saturated carbocycles. The van der Waals surface area contributed by atoms with E-state index >= 15 is 0 Å². The molecule has 5 nitrogen and oxygen atoms in total. The van der Waals surface area contributed by atoms with E-state index in [0.29, 0.717) is 16.7 Å². The molecule has 1 amide bonds. The number of nitrogens with one attached hydrogen (secondary N) is 1. The largest absolute Gasteiger partial charge is 0.444 e. The lowest BCUT2D eigenvalue weighted by atomic mass is 10.2. The summed E-state index contributed by atoms with van der Waals surface area (Å²) in [7, 11) is 0. The number of hydrogen-bond donors (Lipinski definition) is 1. The Morgan fingerprint density at radius 3 is 2.86 bits per heavy atom. The Labute approximate surface area is 125 Å². The Kier molecular flexibility index (Phi) is 3.79. The molecule has 3 aromatic rings. The van der Waals surface area contributed by atoms with Crippen LogP contribution < -0.4 is 5.32 Å². The van der Waals surface area contributed by atoms with Gasteiger partial charge in [-0.25, -0.2) is 9.97 Å². The maximum Gasteiger partial charge on any atom is 0.232 e. The van der Waals surface area contributed by atoms with Gasteiger partial charge in [0.2, 0.25) is 11.8 Å². The number of benzene rings is 1. The van der Waals surface area contributed by atoms with Crippen molar-refractivity contribution in [2.45, 2.75) is 13.3 Å². The van der Waals surface area contributed by atoms with Gasteiger partial charge in [0.25, 0.3) is 0 Å². The third-order valence-corrected chi connectivity index (χ3v) is 3.61. The normalized spacial score (nSPS) is 10.5. The Morgan fingerprint density at radius 2 is 2.14 bits per heavy atom. The average molecular weight is 299 g/mol. The summed E-state index contributed by atoms with van der Waals surface area (Å²) in [6.45, 7) is 1.94. The first-order chi connectivity index (χ1) is 10.2. The molecule has 1 aromatic carbocycles. The maximum atomic E-state index is 11.9. The van der Waals surface area contributed by atoms with Crippen LogP contribution in [0.1, 0.15) is 10.6 Å². The summed E-state index contributed by atoms with van der Waals surface area (Å²) in [4.78, 5) is 21.4. The molecule has 6 heteroatoms. The molecule has 0 aliphatic heterocycles. The predicted octanol–water partition coefficient (Wildman–Crippen LogP) is 3.29. The second-order valence-electron chi connectivity index (χ2n) is 4.51. The number of rotatable bonds is 4. The van der Waals surface area contributed by atoms with Gasteiger partial charge >= 0.3 is 0 Å². The van der Waals surface area contributed by atoms with Crippen molar-refractivity contribution in [2.24, 2.45) is 0 Å². The van der Waals surface area contributed by atoms with E-state index in [1.54, 1.807) is 6.20 Å². The summed E-state index contributed by atoms with van der Waals surface area (Å²) in [5.74, 6) is 0.362. The Hall–Kier alpha value is -2.47. The van der Waals surface area contributed by atoms with Crippen LogP contribution in [0.4, 0.5) is 5.13 Å². The topological polar surface area (TPSA) is 68.0 Å². The highest BCUT2D eigenvalue weighted by Crippen LogP contribution is 2.19. The lowest BCUT2D eigenvalue weighted by Crippen LogP contribution is -2.14. The maximum absolute atomic E-state index is 11.9. The zero-order chi connectivity index (χ0) is 14.7. The molecule has 0 spiro atoms. The fraction of sp³-hybridized carbons (Fsp3) is 0.133. The fourth-order valence-electron chi connectivity index (χ4n) is 1.84. The minimum atomic E-state index is -0.155. The molecule has 2 heterocycles. The van der Waals surface area contributed by atoms with Gasteiger partial charge in [-0.3, -0.25) is 4.79 Å². The van der Waals surface area contributed by atoms with E-state index in [0.717, 1.165) is 10.4 Å². The van der Waals surface area contributed by atoms with Crippen LogP contribution in [0.25, 0.3) is 11.5 Å². The summed E-state index contributed by atoms with van der Waals surface area (Å²) in [6.07, 6.45) is 3.40. The first kappa shape index (κ1) is 13.5. The number of aryl methyl sites for hydroxylation is 1. The molecule has 0 atom stereocenters. The van der Waals surface area contributed by atoms with Crippen molar-refractivity contribution < 1.29 is 9.21 Å². The first-order valence-electron chi connectivity index (χ1n) is 6.43. The highest BCUT2D eigenvalue weighted by atomic mass is 32.1. The quantitative estimate of drug-likeness (QED) is 0.802. The summed E-state index contributed by atoms with van der Waals surface area (Å²) in [5, 5.41) is 3.35. The third kappa shape index (κ3) is 3.35. The van der Waals surface area contributed by atoms with Crippen LogP contribution in [0.5, 0.6) is 0 Å². The van der Waals surface area contributed by atoms with E-state index in [9.17, 15) is 4.79 Å². The first-order valence-corrected chi connectivity index (χ1v) is 7.24. The molecular formula is C15H13N3O2S. The van der Waals surface area contributed by atoms with Gasteiger partial charge < -0.3 is 9.73 Å². The summed E-state index contributed by atoms with van der Waals surface area (Å²) < 4.78 is 5.40. The zero-order valence-corrected chi connectivity index (χ0v) is 12.2. The van der Waals surface area contributed by atoms with Crippen molar-refractivity contribution in [3.05, 3.63) is 53.4 Å². The standard InChI is InChI=1S/C15H13N3O2S/c1-10-8-16-15(21-10)18-13(19)7-12-9-20-14(17-12)11-5-3-2-4-6-11/h2-6,8-9H,7H2,1H3,(H,16,18,19). The van der Waals surface area contributed by atoms with Crippen molar-refractivity contribution >= 4 is 22.4 Å². The van der Waals surface area contributed by atoms with Crippen molar-refractivity contribution in [3.8, 4) is 11.5 Å². The highest BCUT2D eigenvalue weighted by molar-refractivity contribution is 7.15. The molecule has 2 aromatic heterocycles. The minimum absolute atomic E-state index is 0.155. The van der Waals surface area contributed by atoms with Crippen LogP contribution in [-0.2, 0) is 11.2 Å². The lowest BCUT2D eigenvalue weighted by Gasteiger charge is -1.98. The van der Waals surface area contributed by atoms with Gasteiger partial charge in [0.05, 0.1) is 12.1 Å². The Balaban J connectivity index is 1.66. The molecule has 0 aliphatic rings. The third-order valence-electron chi connectivity index (χ3n) is 2.78. The molecule has 0 saturated heterocycles. The number of oxazole rings is 1. The van der Waals surface area contributed by atoms with Crippen molar-refractivity contribution in [1.82, 2.24) is 9.97 Å². The second kappa shape index (κ2) is 5.88. The Bertz CT molecular complexity index is 749. The van der Waals surface area contributed by atoms with Crippen molar-refractivity contribution in [3.63, 3.8) is 0 Å². The summed E-state index contributed by atoms with van der Waals surface area (Å²) in [5.41, 5.74) is 1.49. The van der Waals surface area contributed by atoms with Crippen molar-refractivity contribution in [2.75, 3.05) is 5.32 Å². The number of nitrogens with zero attached hydrogens (tertiary/aromatic N) is 2. The van der Waals surface area contributed by atoms with E-state index in [-0.39, 0.29) is 12.3 Å². The van der Waals surface area contributed by atoms with Crippen LogP contribution in [0.15, 0.2) is 47.2 Å². The van der Waals surface area contributed by atoms with Crippen LogP contribution in [-0.4, -0.2) is 15.9 Å². The van der Waals surface area contributed by atoms with Gasteiger partial charge in [-0.1, -0.05) is 18.2 Å². The van der Waals surface area contributed by atoms with Gasteiger partial charge in [0.1, 0.15) is 6.26 Å². The number of thiazole rings is 1. The molecular weight excluding hydrogens is 286 g/mol. The number of hydrogen-bond acceptors (Lipinski definition) is 5. The van der Waals surface area contributed by atoms with Crippen LogP contribution in [0, 0.1) is 6.92 Å². The average Bonchev–Trinajstić information content (AvgIpc) is 3.09. The van der Waals surface area contributed by atoms with E-state index in [2.05, 4.69) is 15.3 Å². The monoisotopic (exact) mass is 299 g/mol. The number of carbonyl (C=O) groups excluding carboxylic acids is 1. The van der Waals surface area contributed by atoms with Gasteiger partial charge in [-0.2, -0.15) is 0 Å². The van der Waals surface area contributed by atoms with Gasteiger partial charge in [0, 0.05) is 16.6 Å². The van der Waals surface area contributed by atoms with E-state index in [1.165, 1.54) is 17.6 Å². The lowest BCUT2D eigenvalue weighted by molar-refractivity contribution is -0.115. The van der Waals surface area contributed by atoms with Crippen LogP contribution >= 0.6 is 11.3 Å². The number of carbonyl (C=O) groups is 1. The van der Waals surface area contributed by atoms with Crippen LogP contribution in [0.2, 0.25) is 0 Å². The molecule has 1 N–H and O–H groups in total.